The standard InChI is InChI=1S/C14H12Cl2F3N3O2S2/c15-9-2-1-3-10(12(9)16)26(23,24)22-6-4-21(5-7-22)13-20-8-11(25-13)14(17,18)19/h1-3,8H,4-7H2. The van der Waals surface area contributed by atoms with Gasteiger partial charge in [-0.2, -0.15) is 17.5 Å². The number of hydrogen-bond donors (Lipinski definition) is 0. The van der Waals surface area contributed by atoms with Crippen LogP contribution in [0.2, 0.25) is 10.0 Å². The first-order valence-corrected chi connectivity index (χ1v) is 10.3. The summed E-state index contributed by atoms with van der Waals surface area (Å²) >= 11 is 12.4. The molecular weight excluding hydrogens is 434 g/mol. The van der Waals surface area contributed by atoms with Gasteiger partial charge in [-0.1, -0.05) is 40.6 Å². The summed E-state index contributed by atoms with van der Waals surface area (Å²) in [6, 6.07) is 4.35. The number of benzene rings is 1. The third-order valence-corrected chi connectivity index (χ3v) is 7.79. The lowest BCUT2D eigenvalue weighted by Crippen LogP contribution is -2.48. The van der Waals surface area contributed by atoms with Crippen molar-refractivity contribution in [2.75, 3.05) is 31.1 Å². The van der Waals surface area contributed by atoms with E-state index in [4.69, 9.17) is 23.2 Å². The predicted octanol–water partition coefficient (Wildman–Crippen LogP) is 3.98. The second kappa shape index (κ2) is 7.16. The van der Waals surface area contributed by atoms with E-state index >= 15 is 0 Å². The number of alkyl halides is 3. The summed E-state index contributed by atoms with van der Waals surface area (Å²) in [6.45, 7) is 0.655. The van der Waals surface area contributed by atoms with Gasteiger partial charge < -0.3 is 4.90 Å². The molecule has 12 heteroatoms. The average Bonchev–Trinajstić information content (AvgIpc) is 3.08. The second-order valence-electron chi connectivity index (χ2n) is 5.45. The zero-order valence-corrected chi connectivity index (χ0v) is 16.1. The molecule has 1 fully saturated rings. The maximum atomic E-state index is 12.7. The fourth-order valence-electron chi connectivity index (χ4n) is 2.48. The Bertz CT molecular complexity index is 910. The van der Waals surface area contributed by atoms with E-state index in [0.29, 0.717) is 11.3 Å². The molecule has 5 nitrogen and oxygen atoms in total. The molecule has 2 aromatic rings. The molecule has 0 spiro atoms. The second-order valence-corrected chi connectivity index (χ2v) is 9.15. The summed E-state index contributed by atoms with van der Waals surface area (Å²) in [5.41, 5.74) is 0. The number of piperazine rings is 1. The van der Waals surface area contributed by atoms with Crippen LogP contribution >= 0.6 is 34.5 Å². The Labute approximate surface area is 162 Å². The fourth-order valence-corrected chi connectivity index (χ4v) is 5.48. The van der Waals surface area contributed by atoms with E-state index in [1.807, 2.05) is 0 Å². The van der Waals surface area contributed by atoms with E-state index in [1.54, 1.807) is 4.90 Å². The Hall–Kier alpha value is -1.07. The Kier molecular flexibility index (Phi) is 5.42. The van der Waals surface area contributed by atoms with Gasteiger partial charge in [0.25, 0.3) is 0 Å². The monoisotopic (exact) mass is 445 g/mol. The van der Waals surface area contributed by atoms with Gasteiger partial charge >= 0.3 is 6.18 Å². The highest BCUT2D eigenvalue weighted by Gasteiger charge is 2.35. The van der Waals surface area contributed by atoms with Crippen molar-refractivity contribution in [3.8, 4) is 0 Å². The first-order chi connectivity index (χ1) is 12.1. The average molecular weight is 446 g/mol. The number of anilines is 1. The van der Waals surface area contributed by atoms with E-state index in [-0.39, 0.29) is 46.3 Å². The Balaban J connectivity index is 1.74. The number of hydrogen-bond acceptors (Lipinski definition) is 5. The third-order valence-electron chi connectivity index (χ3n) is 3.82. The molecule has 0 unspecified atom stereocenters. The molecule has 0 saturated carbocycles. The van der Waals surface area contributed by atoms with Crippen LogP contribution in [0.1, 0.15) is 4.88 Å². The van der Waals surface area contributed by atoms with Crippen molar-refractivity contribution in [2.24, 2.45) is 0 Å². The highest BCUT2D eigenvalue weighted by Crippen LogP contribution is 2.37. The minimum atomic E-state index is -4.44. The normalized spacial score (nSPS) is 16.9. The molecule has 1 aromatic heterocycles. The molecule has 3 rings (SSSR count). The van der Waals surface area contributed by atoms with Gasteiger partial charge in [0.1, 0.15) is 9.77 Å². The summed E-state index contributed by atoms with van der Waals surface area (Å²) in [6.07, 6.45) is -3.65. The topological polar surface area (TPSA) is 53.5 Å². The van der Waals surface area contributed by atoms with E-state index in [9.17, 15) is 21.6 Å². The minimum Gasteiger partial charge on any atom is -0.345 e. The lowest BCUT2D eigenvalue weighted by atomic mass is 10.4. The van der Waals surface area contributed by atoms with Crippen LogP contribution in [0, 0.1) is 0 Å². The van der Waals surface area contributed by atoms with E-state index < -0.39 is 21.1 Å². The van der Waals surface area contributed by atoms with Crippen molar-refractivity contribution in [2.45, 2.75) is 11.1 Å². The van der Waals surface area contributed by atoms with Crippen molar-refractivity contribution in [3.63, 3.8) is 0 Å². The molecule has 1 aliphatic rings. The molecule has 0 radical (unpaired) electrons. The molecule has 2 heterocycles. The van der Waals surface area contributed by atoms with Gasteiger partial charge in [0, 0.05) is 26.2 Å². The molecule has 0 aliphatic carbocycles. The van der Waals surface area contributed by atoms with Crippen LogP contribution in [0.3, 0.4) is 0 Å². The van der Waals surface area contributed by atoms with Gasteiger partial charge in [-0.3, -0.25) is 0 Å². The smallest absolute Gasteiger partial charge is 0.345 e. The maximum Gasteiger partial charge on any atom is 0.427 e. The summed E-state index contributed by atoms with van der Waals surface area (Å²) in [5.74, 6) is 0. The molecule has 0 amide bonds. The van der Waals surface area contributed by atoms with Gasteiger partial charge in [0.05, 0.1) is 16.2 Å². The highest BCUT2D eigenvalue weighted by atomic mass is 35.5. The zero-order chi connectivity index (χ0) is 19.1. The Morgan fingerprint density at radius 1 is 1.12 bits per heavy atom. The quantitative estimate of drug-likeness (QED) is 0.716. The molecule has 1 aromatic carbocycles. The van der Waals surface area contributed by atoms with Crippen LogP contribution in [-0.2, 0) is 16.2 Å². The number of sulfonamides is 1. The van der Waals surface area contributed by atoms with E-state index in [1.165, 1.54) is 22.5 Å². The summed E-state index contributed by atoms with van der Waals surface area (Å²) < 4.78 is 64.8. The molecule has 0 N–H and O–H groups in total. The van der Waals surface area contributed by atoms with Crippen molar-refractivity contribution in [1.29, 1.82) is 0 Å². The van der Waals surface area contributed by atoms with Crippen LogP contribution in [0.15, 0.2) is 29.3 Å². The van der Waals surface area contributed by atoms with E-state index in [2.05, 4.69) is 4.98 Å². The number of halogens is 5. The lowest BCUT2D eigenvalue weighted by molar-refractivity contribution is -0.134. The van der Waals surface area contributed by atoms with Gasteiger partial charge in [0.15, 0.2) is 5.13 Å². The zero-order valence-electron chi connectivity index (χ0n) is 13.0. The molecule has 26 heavy (non-hydrogen) atoms. The predicted molar refractivity (Wildman–Crippen MR) is 94.5 cm³/mol. The first-order valence-electron chi connectivity index (χ1n) is 7.33. The minimum absolute atomic E-state index is 0.0497. The van der Waals surface area contributed by atoms with Crippen molar-refractivity contribution < 1.29 is 21.6 Å². The van der Waals surface area contributed by atoms with Gasteiger partial charge in [-0.25, -0.2) is 13.4 Å². The van der Waals surface area contributed by atoms with Crippen LogP contribution in [0.25, 0.3) is 0 Å². The maximum absolute atomic E-state index is 12.7. The van der Waals surface area contributed by atoms with Crippen molar-refractivity contribution >= 4 is 49.7 Å². The van der Waals surface area contributed by atoms with Crippen LogP contribution in [-0.4, -0.2) is 43.9 Å². The van der Waals surface area contributed by atoms with Crippen molar-refractivity contribution in [3.05, 3.63) is 39.3 Å². The van der Waals surface area contributed by atoms with E-state index in [0.717, 1.165) is 6.20 Å². The molecular formula is C14H12Cl2F3N3O2S2. The molecule has 0 bridgehead atoms. The Morgan fingerprint density at radius 3 is 2.35 bits per heavy atom. The van der Waals surface area contributed by atoms with Gasteiger partial charge in [0.2, 0.25) is 10.0 Å². The summed E-state index contributed by atoms with van der Waals surface area (Å²) in [4.78, 5) is 4.55. The lowest BCUT2D eigenvalue weighted by Gasteiger charge is -2.34. The Morgan fingerprint density at radius 2 is 1.77 bits per heavy atom. The van der Waals surface area contributed by atoms with Crippen LogP contribution in [0.5, 0.6) is 0 Å². The fraction of sp³-hybridized carbons (Fsp3) is 0.357. The summed E-state index contributed by atoms with van der Waals surface area (Å²) in [5, 5.41) is 0.301. The summed E-state index contributed by atoms with van der Waals surface area (Å²) in [7, 11) is -3.85. The number of nitrogens with zero attached hydrogens (tertiary/aromatic N) is 3. The van der Waals surface area contributed by atoms with Gasteiger partial charge in [-0.15, -0.1) is 0 Å². The number of rotatable bonds is 3. The highest BCUT2D eigenvalue weighted by molar-refractivity contribution is 7.89. The largest absolute Gasteiger partial charge is 0.427 e. The molecule has 142 valence electrons. The number of aromatic nitrogens is 1. The van der Waals surface area contributed by atoms with Gasteiger partial charge in [-0.05, 0) is 12.1 Å². The first kappa shape index (κ1) is 19.7. The third kappa shape index (κ3) is 3.79. The number of thiazole rings is 1. The molecule has 1 saturated heterocycles. The molecule has 0 atom stereocenters. The van der Waals surface area contributed by atoms with Crippen molar-refractivity contribution in [1.82, 2.24) is 9.29 Å². The molecule has 1 aliphatic heterocycles. The SMILES string of the molecule is O=S(=O)(c1cccc(Cl)c1Cl)N1CCN(c2ncc(C(F)(F)F)s2)CC1. The van der Waals surface area contributed by atoms with Crippen LogP contribution in [0.4, 0.5) is 18.3 Å². The van der Waals surface area contributed by atoms with Crippen LogP contribution < -0.4 is 4.90 Å².